The lowest BCUT2D eigenvalue weighted by atomic mass is 10.2. The molecule has 1 aromatic carbocycles. The van der Waals surface area contributed by atoms with Crippen LogP contribution in [0, 0.1) is 0 Å². The Labute approximate surface area is 122 Å². The molecule has 1 heterocycles. The number of hydrogen-bond acceptors (Lipinski definition) is 6. The van der Waals surface area contributed by atoms with Crippen LogP contribution in [0.1, 0.15) is 13.8 Å². The van der Waals surface area contributed by atoms with Gasteiger partial charge in [-0.3, -0.25) is 4.79 Å². The number of carbonyl (C=O) groups excluding carboxylic acids is 2. The van der Waals surface area contributed by atoms with Gasteiger partial charge < -0.3 is 24.8 Å². The lowest BCUT2D eigenvalue weighted by molar-refractivity contribution is -0.166. The minimum Gasteiger partial charge on any atom is -0.464 e. The molecule has 0 spiro atoms. The first-order valence-corrected chi connectivity index (χ1v) is 6.71. The zero-order valence-corrected chi connectivity index (χ0v) is 12.0. The lowest BCUT2D eigenvalue weighted by Crippen LogP contribution is -2.47. The summed E-state index contributed by atoms with van der Waals surface area (Å²) in [6.45, 7) is 3.89. The summed E-state index contributed by atoms with van der Waals surface area (Å²) in [7, 11) is 0. The Hall–Kier alpha value is -2.28. The SMILES string of the molecule is CCOC(=O)COC1Oc2cc(N)ccc2N(CC)C1=O. The van der Waals surface area contributed by atoms with Crippen LogP contribution in [0.25, 0.3) is 0 Å². The van der Waals surface area contributed by atoms with Gasteiger partial charge in [0.15, 0.2) is 0 Å². The monoisotopic (exact) mass is 294 g/mol. The molecule has 2 N–H and O–H groups in total. The van der Waals surface area contributed by atoms with E-state index in [1.165, 1.54) is 4.90 Å². The highest BCUT2D eigenvalue weighted by atomic mass is 16.7. The van der Waals surface area contributed by atoms with Gasteiger partial charge in [-0.2, -0.15) is 0 Å². The summed E-state index contributed by atoms with van der Waals surface area (Å²) in [4.78, 5) is 25.1. The van der Waals surface area contributed by atoms with E-state index in [1.54, 1.807) is 25.1 Å². The Bertz CT molecular complexity index is 546. The molecule has 0 aliphatic carbocycles. The molecule has 114 valence electrons. The minimum atomic E-state index is -1.18. The second kappa shape index (κ2) is 6.45. The topological polar surface area (TPSA) is 91.1 Å². The predicted molar refractivity (Wildman–Crippen MR) is 75.9 cm³/mol. The fourth-order valence-electron chi connectivity index (χ4n) is 2.04. The molecule has 0 aromatic heterocycles. The van der Waals surface area contributed by atoms with Crippen LogP contribution < -0.4 is 15.4 Å². The van der Waals surface area contributed by atoms with Gasteiger partial charge in [0, 0.05) is 18.3 Å². The third kappa shape index (κ3) is 3.25. The quantitative estimate of drug-likeness (QED) is 0.641. The highest BCUT2D eigenvalue weighted by Crippen LogP contribution is 2.35. The van der Waals surface area contributed by atoms with E-state index in [1.807, 2.05) is 6.92 Å². The summed E-state index contributed by atoms with van der Waals surface area (Å²) in [6, 6.07) is 5.02. The van der Waals surface area contributed by atoms with Gasteiger partial charge in [-0.15, -0.1) is 0 Å². The molecule has 0 saturated heterocycles. The third-order valence-corrected chi connectivity index (χ3v) is 2.95. The number of nitrogens with two attached hydrogens (primary N) is 1. The molecular weight excluding hydrogens is 276 g/mol. The Morgan fingerprint density at radius 3 is 2.86 bits per heavy atom. The maximum Gasteiger partial charge on any atom is 0.332 e. The molecule has 0 fully saturated rings. The van der Waals surface area contributed by atoms with Crippen molar-refractivity contribution in [2.45, 2.75) is 20.1 Å². The van der Waals surface area contributed by atoms with Gasteiger partial charge in [0.05, 0.1) is 12.3 Å². The molecule has 7 heteroatoms. The number of likely N-dealkylation sites (N-methyl/N-ethyl adjacent to an activating group) is 1. The third-order valence-electron chi connectivity index (χ3n) is 2.95. The van der Waals surface area contributed by atoms with Gasteiger partial charge in [0.2, 0.25) is 0 Å². The number of nitrogen functional groups attached to an aromatic ring is 1. The van der Waals surface area contributed by atoms with E-state index in [0.29, 0.717) is 23.7 Å². The van der Waals surface area contributed by atoms with Crippen LogP contribution in [-0.4, -0.2) is 37.9 Å². The van der Waals surface area contributed by atoms with Gasteiger partial charge in [-0.25, -0.2) is 4.79 Å². The zero-order valence-electron chi connectivity index (χ0n) is 12.0. The largest absolute Gasteiger partial charge is 0.464 e. The molecule has 21 heavy (non-hydrogen) atoms. The van der Waals surface area contributed by atoms with Crippen LogP contribution in [0.5, 0.6) is 5.75 Å². The molecule has 1 aliphatic rings. The van der Waals surface area contributed by atoms with Crippen molar-refractivity contribution in [3.63, 3.8) is 0 Å². The van der Waals surface area contributed by atoms with Crippen LogP contribution in [0.4, 0.5) is 11.4 Å². The van der Waals surface area contributed by atoms with Crippen molar-refractivity contribution in [2.24, 2.45) is 0 Å². The summed E-state index contributed by atoms with van der Waals surface area (Å²) >= 11 is 0. The molecule has 7 nitrogen and oxygen atoms in total. The summed E-state index contributed by atoms with van der Waals surface area (Å²) < 4.78 is 15.4. The van der Waals surface area contributed by atoms with Crippen LogP contribution in [0.3, 0.4) is 0 Å². The number of carbonyl (C=O) groups is 2. The van der Waals surface area contributed by atoms with Crippen molar-refractivity contribution in [3.8, 4) is 5.75 Å². The fraction of sp³-hybridized carbons (Fsp3) is 0.429. The summed E-state index contributed by atoms with van der Waals surface area (Å²) in [5.41, 5.74) is 6.86. The van der Waals surface area contributed by atoms with Crippen molar-refractivity contribution in [3.05, 3.63) is 18.2 Å². The molecule has 1 aromatic rings. The van der Waals surface area contributed by atoms with Crippen LogP contribution >= 0.6 is 0 Å². The number of hydrogen-bond donors (Lipinski definition) is 1. The smallest absolute Gasteiger partial charge is 0.332 e. The molecule has 1 atom stereocenters. The molecule has 0 saturated carbocycles. The second-order valence-electron chi connectivity index (χ2n) is 4.38. The summed E-state index contributed by atoms with van der Waals surface area (Å²) in [6.07, 6.45) is -1.18. The molecular formula is C14H18N2O5. The fourth-order valence-corrected chi connectivity index (χ4v) is 2.04. The molecule has 1 aliphatic heterocycles. The summed E-state index contributed by atoms with van der Waals surface area (Å²) in [5.74, 6) is -0.459. The van der Waals surface area contributed by atoms with Gasteiger partial charge in [0.25, 0.3) is 12.2 Å². The maximum absolute atomic E-state index is 12.3. The Balaban J connectivity index is 2.14. The van der Waals surface area contributed by atoms with E-state index >= 15 is 0 Å². The Morgan fingerprint density at radius 2 is 2.19 bits per heavy atom. The number of fused-ring (bicyclic) bond motifs is 1. The van der Waals surface area contributed by atoms with Crippen molar-refractivity contribution < 1.29 is 23.8 Å². The minimum absolute atomic E-state index is 0.252. The highest BCUT2D eigenvalue weighted by molar-refractivity contribution is 5.99. The number of benzene rings is 1. The molecule has 0 bridgehead atoms. The highest BCUT2D eigenvalue weighted by Gasteiger charge is 2.35. The van der Waals surface area contributed by atoms with Gasteiger partial charge in [0.1, 0.15) is 12.4 Å². The number of esters is 1. The average Bonchev–Trinajstić information content (AvgIpc) is 2.45. The zero-order chi connectivity index (χ0) is 15.4. The van der Waals surface area contributed by atoms with Crippen molar-refractivity contribution in [1.82, 2.24) is 0 Å². The average molecular weight is 294 g/mol. The first-order chi connectivity index (χ1) is 10.1. The van der Waals surface area contributed by atoms with Gasteiger partial charge >= 0.3 is 5.97 Å². The number of amides is 1. The number of anilines is 2. The van der Waals surface area contributed by atoms with Gasteiger partial charge in [-0.1, -0.05) is 0 Å². The normalized spacial score (nSPS) is 17.1. The van der Waals surface area contributed by atoms with E-state index in [4.69, 9.17) is 19.9 Å². The predicted octanol–water partition coefficient (Wildman–Crippen LogP) is 0.920. The second-order valence-corrected chi connectivity index (χ2v) is 4.38. The Morgan fingerprint density at radius 1 is 1.43 bits per heavy atom. The van der Waals surface area contributed by atoms with E-state index in [0.717, 1.165) is 0 Å². The van der Waals surface area contributed by atoms with E-state index < -0.39 is 12.3 Å². The first kappa shape index (κ1) is 15.1. The van der Waals surface area contributed by atoms with E-state index in [2.05, 4.69) is 0 Å². The molecule has 2 rings (SSSR count). The Kier molecular flexibility index (Phi) is 4.64. The van der Waals surface area contributed by atoms with Crippen molar-refractivity contribution >= 4 is 23.3 Å². The van der Waals surface area contributed by atoms with Crippen LogP contribution in [0.15, 0.2) is 18.2 Å². The maximum atomic E-state index is 12.3. The van der Waals surface area contributed by atoms with Crippen LogP contribution in [-0.2, 0) is 19.1 Å². The van der Waals surface area contributed by atoms with Crippen molar-refractivity contribution in [2.75, 3.05) is 30.4 Å². The molecule has 1 amide bonds. The molecule has 0 radical (unpaired) electrons. The lowest BCUT2D eigenvalue weighted by Gasteiger charge is -2.33. The first-order valence-electron chi connectivity index (χ1n) is 6.71. The number of ether oxygens (including phenoxy) is 3. The number of rotatable bonds is 5. The number of nitrogens with zero attached hydrogens (tertiary/aromatic N) is 1. The summed E-state index contributed by atoms with van der Waals surface area (Å²) in [5, 5.41) is 0. The molecule has 1 unspecified atom stereocenters. The van der Waals surface area contributed by atoms with E-state index in [-0.39, 0.29) is 19.1 Å². The van der Waals surface area contributed by atoms with Gasteiger partial charge in [-0.05, 0) is 26.0 Å². The standard InChI is InChI=1S/C14H18N2O5/c1-3-16-10-6-5-9(15)7-11(10)21-14(13(16)18)20-8-12(17)19-4-2/h5-7,14H,3-4,8,15H2,1-2H3. The van der Waals surface area contributed by atoms with E-state index in [9.17, 15) is 9.59 Å². The van der Waals surface area contributed by atoms with Crippen LogP contribution in [0.2, 0.25) is 0 Å². The van der Waals surface area contributed by atoms with Crippen molar-refractivity contribution in [1.29, 1.82) is 0 Å².